The van der Waals surface area contributed by atoms with Gasteiger partial charge in [0.2, 0.25) is 5.88 Å². The van der Waals surface area contributed by atoms with Gasteiger partial charge in [-0.1, -0.05) is 6.07 Å². The highest BCUT2D eigenvalue weighted by Gasteiger charge is 2.07. The van der Waals surface area contributed by atoms with Gasteiger partial charge in [-0.05, 0) is 13.0 Å². The summed E-state index contributed by atoms with van der Waals surface area (Å²) in [6.45, 7) is 2.32. The smallest absolute Gasteiger partial charge is 0.238 e. The van der Waals surface area contributed by atoms with Gasteiger partial charge in [0.15, 0.2) is 0 Å². The largest absolute Gasteiger partial charge is 0.497 e. The molecule has 0 radical (unpaired) electrons. The van der Waals surface area contributed by atoms with Gasteiger partial charge >= 0.3 is 0 Å². The highest BCUT2D eigenvalue weighted by Crippen LogP contribution is 2.28. The first kappa shape index (κ1) is 11.5. The maximum Gasteiger partial charge on any atom is 0.238 e. The molecule has 2 aromatic rings. The maximum absolute atomic E-state index is 5.66. The number of ether oxygens (including phenoxy) is 2. The second-order valence-electron chi connectivity index (χ2n) is 3.67. The van der Waals surface area contributed by atoms with Gasteiger partial charge in [-0.15, -0.1) is 5.10 Å². The lowest BCUT2D eigenvalue weighted by Gasteiger charge is -2.09. The molecule has 0 aliphatic heterocycles. The average molecular weight is 233 g/mol. The Balaban J connectivity index is 2.29. The third kappa shape index (κ3) is 2.57. The number of aromatic nitrogens is 2. The SMILES string of the molecule is COc1ccc(CN)c(Oc2cc(C)[nH]n2)c1. The Bertz CT molecular complexity index is 508. The molecule has 0 aliphatic carbocycles. The third-order valence-electron chi connectivity index (χ3n) is 2.39. The molecule has 1 aromatic carbocycles. The summed E-state index contributed by atoms with van der Waals surface area (Å²) in [7, 11) is 1.61. The minimum absolute atomic E-state index is 0.405. The number of hydrogen-bond acceptors (Lipinski definition) is 4. The van der Waals surface area contributed by atoms with Gasteiger partial charge < -0.3 is 15.2 Å². The van der Waals surface area contributed by atoms with Crippen LogP contribution in [0.25, 0.3) is 0 Å². The fourth-order valence-electron chi connectivity index (χ4n) is 1.48. The van der Waals surface area contributed by atoms with Gasteiger partial charge in [0.1, 0.15) is 11.5 Å². The van der Waals surface area contributed by atoms with Gasteiger partial charge in [0, 0.05) is 29.9 Å². The third-order valence-corrected chi connectivity index (χ3v) is 2.39. The minimum Gasteiger partial charge on any atom is -0.497 e. The molecule has 90 valence electrons. The van der Waals surface area contributed by atoms with E-state index in [4.69, 9.17) is 15.2 Å². The Morgan fingerprint density at radius 1 is 1.35 bits per heavy atom. The predicted molar refractivity (Wildman–Crippen MR) is 64.3 cm³/mol. The minimum atomic E-state index is 0.405. The van der Waals surface area contributed by atoms with Crippen LogP contribution >= 0.6 is 0 Å². The van der Waals surface area contributed by atoms with E-state index in [1.165, 1.54) is 0 Å². The van der Waals surface area contributed by atoms with Crippen molar-refractivity contribution in [3.05, 3.63) is 35.5 Å². The molecular formula is C12H15N3O2. The maximum atomic E-state index is 5.66. The topological polar surface area (TPSA) is 73.2 Å². The number of aryl methyl sites for hydroxylation is 1. The van der Waals surface area contributed by atoms with Crippen LogP contribution in [-0.4, -0.2) is 17.3 Å². The summed E-state index contributed by atoms with van der Waals surface area (Å²) in [5.74, 6) is 1.91. The zero-order valence-corrected chi connectivity index (χ0v) is 9.86. The van der Waals surface area contributed by atoms with Crippen LogP contribution in [0.5, 0.6) is 17.4 Å². The van der Waals surface area contributed by atoms with Crippen LogP contribution in [0.3, 0.4) is 0 Å². The summed E-state index contributed by atoms with van der Waals surface area (Å²) in [5, 5.41) is 6.83. The van der Waals surface area contributed by atoms with Crippen LogP contribution in [0.4, 0.5) is 0 Å². The lowest BCUT2D eigenvalue weighted by atomic mass is 10.2. The van der Waals surface area contributed by atoms with E-state index in [0.717, 1.165) is 17.0 Å². The number of rotatable bonds is 4. The lowest BCUT2D eigenvalue weighted by molar-refractivity contribution is 0.406. The van der Waals surface area contributed by atoms with Crippen LogP contribution in [0, 0.1) is 6.92 Å². The highest BCUT2D eigenvalue weighted by atomic mass is 16.5. The Hall–Kier alpha value is -2.01. The van der Waals surface area contributed by atoms with E-state index in [0.29, 0.717) is 18.2 Å². The molecule has 17 heavy (non-hydrogen) atoms. The van der Waals surface area contributed by atoms with Crippen LogP contribution in [0.2, 0.25) is 0 Å². The first-order valence-electron chi connectivity index (χ1n) is 5.30. The standard InChI is InChI=1S/C12H15N3O2/c1-8-5-12(15-14-8)17-11-6-10(16-2)4-3-9(11)7-13/h3-6H,7,13H2,1-2H3,(H,14,15). The van der Waals surface area contributed by atoms with Crippen molar-refractivity contribution >= 4 is 0 Å². The molecule has 0 amide bonds. The number of nitrogens with one attached hydrogen (secondary N) is 1. The summed E-state index contributed by atoms with van der Waals surface area (Å²) in [5.41, 5.74) is 7.50. The molecule has 0 spiro atoms. The second kappa shape index (κ2) is 4.88. The van der Waals surface area contributed by atoms with Crippen molar-refractivity contribution in [3.8, 4) is 17.4 Å². The summed E-state index contributed by atoms with van der Waals surface area (Å²) in [6.07, 6.45) is 0. The molecule has 5 heteroatoms. The Labute approximate surface area is 99.5 Å². The normalized spacial score (nSPS) is 10.3. The monoisotopic (exact) mass is 233 g/mol. The molecule has 0 atom stereocenters. The number of nitrogens with zero attached hydrogens (tertiary/aromatic N) is 1. The first-order chi connectivity index (χ1) is 8.22. The molecule has 2 rings (SSSR count). The number of methoxy groups -OCH3 is 1. The summed E-state index contributed by atoms with van der Waals surface area (Å²) >= 11 is 0. The Morgan fingerprint density at radius 2 is 2.18 bits per heavy atom. The van der Waals surface area contributed by atoms with Crippen LogP contribution in [-0.2, 0) is 6.54 Å². The molecule has 0 saturated heterocycles. The van der Waals surface area contributed by atoms with Crippen molar-refractivity contribution in [2.45, 2.75) is 13.5 Å². The van der Waals surface area contributed by atoms with Crippen molar-refractivity contribution in [3.63, 3.8) is 0 Å². The molecule has 5 nitrogen and oxygen atoms in total. The number of H-pyrrole nitrogens is 1. The zero-order chi connectivity index (χ0) is 12.3. The second-order valence-corrected chi connectivity index (χ2v) is 3.67. The van der Waals surface area contributed by atoms with Gasteiger partial charge in [-0.2, -0.15) is 0 Å². The number of nitrogens with two attached hydrogens (primary N) is 1. The quantitative estimate of drug-likeness (QED) is 0.846. The summed E-state index contributed by atoms with van der Waals surface area (Å²) in [6, 6.07) is 7.35. The van der Waals surface area contributed by atoms with Crippen molar-refractivity contribution in [1.82, 2.24) is 10.2 Å². The summed E-state index contributed by atoms with van der Waals surface area (Å²) < 4.78 is 10.8. The van der Waals surface area contributed by atoms with Gasteiger partial charge in [0.05, 0.1) is 7.11 Å². The van der Waals surface area contributed by atoms with E-state index < -0.39 is 0 Å². The molecule has 0 unspecified atom stereocenters. The van der Waals surface area contributed by atoms with E-state index >= 15 is 0 Å². The number of aromatic amines is 1. The molecule has 1 aromatic heterocycles. The van der Waals surface area contributed by atoms with E-state index in [1.807, 2.05) is 25.1 Å². The van der Waals surface area contributed by atoms with Crippen molar-refractivity contribution < 1.29 is 9.47 Å². The lowest BCUT2D eigenvalue weighted by Crippen LogP contribution is -2.00. The van der Waals surface area contributed by atoms with Crippen LogP contribution in [0.1, 0.15) is 11.3 Å². The Morgan fingerprint density at radius 3 is 2.76 bits per heavy atom. The first-order valence-corrected chi connectivity index (χ1v) is 5.30. The average Bonchev–Trinajstić information content (AvgIpc) is 2.74. The zero-order valence-electron chi connectivity index (χ0n) is 9.86. The highest BCUT2D eigenvalue weighted by molar-refractivity contribution is 5.42. The molecular weight excluding hydrogens is 218 g/mol. The van der Waals surface area contributed by atoms with E-state index in [2.05, 4.69) is 10.2 Å². The van der Waals surface area contributed by atoms with E-state index in [1.54, 1.807) is 13.2 Å². The van der Waals surface area contributed by atoms with E-state index in [-0.39, 0.29) is 0 Å². The molecule has 0 fully saturated rings. The fourth-order valence-corrected chi connectivity index (χ4v) is 1.48. The van der Waals surface area contributed by atoms with Crippen molar-refractivity contribution in [1.29, 1.82) is 0 Å². The molecule has 0 aliphatic rings. The molecule has 0 saturated carbocycles. The predicted octanol–water partition coefficient (Wildman–Crippen LogP) is 1.98. The summed E-state index contributed by atoms with van der Waals surface area (Å²) in [4.78, 5) is 0. The fraction of sp³-hybridized carbons (Fsp3) is 0.250. The van der Waals surface area contributed by atoms with Crippen molar-refractivity contribution in [2.24, 2.45) is 5.73 Å². The van der Waals surface area contributed by atoms with Crippen molar-refractivity contribution in [2.75, 3.05) is 7.11 Å². The van der Waals surface area contributed by atoms with Gasteiger partial charge in [-0.3, -0.25) is 5.10 Å². The van der Waals surface area contributed by atoms with Crippen LogP contribution < -0.4 is 15.2 Å². The Kier molecular flexibility index (Phi) is 3.30. The molecule has 0 bridgehead atoms. The number of benzene rings is 1. The van der Waals surface area contributed by atoms with Gasteiger partial charge in [-0.25, -0.2) is 0 Å². The number of hydrogen-bond donors (Lipinski definition) is 2. The van der Waals surface area contributed by atoms with E-state index in [9.17, 15) is 0 Å². The van der Waals surface area contributed by atoms with Crippen LogP contribution in [0.15, 0.2) is 24.3 Å². The molecule has 1 heterocycles. The molecule has 3 N–H and O–H groups in total. The van der Waals surface area contributed by atoms with Gasteiger partial charge in [0.25, 0.3) is 0 Å².